The number of carbonyl (C=O) groups is 4. The first-order valence-electron chi connectivity index (χ1n) is 9.96. The lowest BCUT2D eigenvalue weighted by molar-refractivity contribution is -0.141. The molecule has 0 spiro atoms. The molecule has 0 aliphatic heterocycles. The zero-order valence-corrected chi connectivity index (χ0v) is 17.2. The fourth-order valence-electron chi connectivity index (χ4n) is 3.06. The molecule has 1 aliphatic carbocycles. The maximum Gasteiger partial charge on any atom is 0.289 e. The van der Waals surface area contributed by atoms with Gasteiger partial charge in [0.05, 0.1) is 18.1 Å². The number of nitrogens with one attached hydrogen (secondary N) is 2. The lowest BCUT2D eigenvalue weighted by Gasteiger charge is -2.33. The molecule has 0 aromatic heterocycles. The van der Waals surface area contributed by atoms with Gasteiger partial charge < -0.3 is 16.4 Å². The average molecular weight is 382 g/mol. The monoisotopic (exact) mass is 381 g/mol. The zero-order chi connectivity index (χ0) is 20.7. The standard InChI is InChI=1S/C20H35N3O4/c1-5-6-10-14(23-18(27)20(21)11-8-7-9-12-20)16(25)17(26)22-13-15(24)19(2,3)4/h14H,5-13,21H2,1-4H3,(H,22,26)(H,23,27)/t14-/m0/s1. The van der Waals surface area contributed by atoms with E-state index in [1.54, 1.807) is 20.8 Å². The van der Waals surface area contributed by atoms with E-state index < -0.39 is 28.7 Å². The van der Waals surface area contributed by atoms with Gasteiger partial charge in [-0.05, 0) is 19.3 Å². The van der Waals surface area contributed by atoms with E-state index in [1.807, 2.05) is 6.92 Å². The molecular weight excluding hydrogens is 346 g/mol. The lowest BCUT2D eigenvalue weighted by atomic mass is 9.81. The van der Waals surface area contributed by atoms with Crippen molar-refractivity contribution in [1.29, 1.82) is 0 Å². The van der Waals surface area contributed by atoms with Gasteiger partial charge in [0.1, 0.15) is 0 Å². The molecule has 154 valence electrons. The minimum Gasteiger partial charge on any atom is -0.344 e. The molecule has 0 bridgehead atoms. The Kier molecular flexibility index (Phi) is 8.59. The number of rotatable bonds is 9. The largest absolute Gasteiger partial charge is 0.344 e. The van der Waals surface area contributed by atoms with Crippen molar-refractivity contribution in [3.8, 4) is 0 Å². The summed E-state index contributed by atoms with van der Waals surface area (Å²) in [4.78, 5) is 49.4. The molecule has 7 heteroatoms. The summed E-state index contributed by atoms with van der Waals surface area (Å²) in [6, 6.07) is -0.912. The van der Waals surface area contributed by atoms with Crippen LogP contribution in [0.5, 0.6) is 0 Å². The van der Waals surface area contributed by atoms with Crippen molar-refractivity contribution in [2.75, 3.05) is 6.54 Å². The van der Waals surface area contributed by atoms with E-state index in [2.05, 4.69) is 10.6 Å². The van der Waals surface area contributed by atoms with Crippen LogP contribution in [0.3, 0.4) is 0 Å². The number of nitrogens with two attached hydrogens (primary N) is 1. The van der Waals surface area contributed by atoms with E-state index in [-0.39, 0.29) is 18.2 Å². The number of hydrogen-bond donors (Lipinski definition) is 3. The average Bonchev–Trinajstić information content (AvgIpc) is 2.61. The number of unbranched alkanes of at least 4 members (excludes halogenated alkanes) is 1. The first-order chi connectivity index (χ1) is 12.5. The Morgan fingerprint density at radius 3 is 2.19 bits per heavy atom. The van der Waals surface area contributed by atoms with Crippen LogP contribution in [-0.2, 0) is 19.2 Å². The lowest BCUT2D eigenvalue weighted by Crippen LogP contribution is -2.59. The molecule has 2 amide bonds. The van der Waals surface area contributed by atoms with Crippen molar-refractivity contribution in [3.63, 3.8) is 0 Å². The number of hydrogen-bond acceptors (Lipinski definition) is 5. The Balaban J connectivity index is 2.73. The third-order valence-corrected chi connectivity index (χ3v) is 5.14. The number of amides is 2. The smallest absolute Gasteiger partial charge is 0.289 e. The molecular formula is C20H35N3O4. The molecule has 1 aliphatic rings. The van der Waals surface area contributed by atoms with E-state index in [9.17, 15) is 19.2 Å². The summed E-state index contributed by atoms with van der Waals surface area (Å²) in [7, 11) is 0. The van der Waals surface area contributed by atoms with Gasteiger partial charge in [-0.2, -0.15) is 0 Å². The third-order valence-electron chi connectivity index (χ3n) is 5.14. The quantitative estimate of drug-likeness (QED) is 0.525. The zero-order valence-electron chi connectivity index (χ0n) is 17.2. The molecule has 27 heavy (non-hydrogen) atoms. The highest BCUT2D eigenvalue weighted by molar-refractivity contribution is 6.38. The minimum absolute atomic E-state index is 0.166. The van der Waals surface area contributed by atoms with Gasteiger partial charge in [-0.3, -0.25) is 19.2 Å². The van der Waals surface area contributed by atoms with E-state index in [0.717, 1.165) is 25.7 Å². The van der Waals surface area contributed by atoms with Crippen LogP contribution < -0.4 is 16.4 Å². The molecule has 1 rings (SSSR count). The first-order valence-corrected chi connectivity index (χ1v) is 9.96. The van der Waals surface area contributed by atoms with Crippen molar-refractivity contribution in [2.45, 2.75) is 90.6 Å². The summed E-state index contributed by atoms with van der Waals surface area (Å²) in [5, 5.41) is 5.09. The van der Waals surface area contributed by atoms with Crippen LogP contribution in [0, 0.1) is 5.41 Å². The highest BCUT2D eigenvalue weighted by atomic mass is 16.2. The topological polar surface area (TPSA) is 118 Å². The van der Waals surface area contributed by atoms with Gasteiger partial charge in [0.2, 0.25) is 11.7 Å². The van der Waals surface area contributed by atoms with Crippen LogP contribution in [0.15, 0.2) is 0 Å². The van der Waals surface area contributed by atoms with Crippen molar-refractivity contribution < 1.29 is 19.2 Å². The predicted octanol–water partition coefficient (Wildman–Crippen LogP) is 1.62. The van der Waals surface area contributed by atoms with Gasteiger partial charge in [-0.1, -0.05) is 59.8 Å². The Bertz CT molecular complexity index is 560. The first kappa shape index (κ1) is 23.3. The van der Waals surface area contributed by atoms with Gasteiger partial charge in [0.15, 0.2) is 5.78 Å². The summed E-state index contributed by atoms with van der Waals surface area (Å²) < 4.78 is 0. The second-order valence-electron chi connectivity index (χ2n) is 8.61. The summed E-state index contributed by atoms with van der Waals surface area (Å²) >= 11 is 0. The van der Waals surface area contributed by atoms with Gasteiger partial charge in [-0.25, -0.2) is 0 Å². The predicted molar refractivity (Wildman–Crippen MR) is 104 cm³/mol. The van der Waals surface area contributed by atoms with E-state index in [0.29, 0.717) is 25.7 Å². The Hall–Kier alpha value is -1.76. The second-order valence-corrected chi connectivity index (χ2v) is 8.61. The fourth-order valence-corrected chi connectivity index (χ4v) is 3.06. The van der Waals surface area contributed by atoms with E-state index in [4.69, 9.17) is 5.73 Å². The van der Waals surface area contributed by atoms with Crippen molar-refractivity contribution in [2.24, 2.45) is 11.1 Å². The van der Waals surface area contributed by atoms with Crippen LogP contribution in [0.1, 0.15) is 79.1 Å². The van der Waals surface area contributed by atoms with Gasteiger partial charge in [-0.15, -0.1) is 0 Å². The van der Waals surface area contributed by atoms with Crippen LogP contribution in [-0.4, -0.2) is 41.5 Å². The SMILES string of the molecule is CCCC[C@H](NC(=O)C1(N)CCCCC1)C(=O)C(=O)NCC(=O)C(C)(C)C. The highest BCUT2D eigenvalue weighted by Crippen LogP contribution is 2.26. The van der Waals surface area contributed by atoms with E-state index >= 15 is 0 Å². The highest BCUT2D eigenvalue weighted by Gasteiger charge is 2.38. The van der Waals surface area contributed by atoms with E-state index in [1.165, 1.54) is 0 Å². The van der Waals surface area contributed by atoms with Crippen LogP contribution in [0.25, 0.3) is 0 Å². The molecule has 0 unspecified atom stereocenters. The molecule has 1 fully saturated rings. The van der Waals surface area contributed by atoms with Crippen LogP contribution in [0.2, 0.25) is 0 Å². The Morgan fingerprint density at radius 2 is 1.67 bits per heavy atom. The number of Topliss-reactive ketones (excluding diaryl/α,β-unsaturated/α-hetero) is 2. The maximum atomic E-state index is 12.6. The second kappa shape index (κ2) is 9.97. The third kappa shape index (κ3) is 7.05. The van der Waals surface area contributed by atoms with Gasteiger partial charge in [0.25, 0.3) is 5.91 Å². The molecule has 0 heterocycles. The normalized spacial score (nSPS) is 17.7. The fraction of sp³-hybridized carbons (Fsp3) is 0.800. The molecule has 1 atom stereocenters. The van der Waals surface area contributed by atoms with Crippen molar-refractivity contribution in [1.82, 2.24) is 10.6 Å². The van der Waals surface area contributed by atoms with Gasteiger partial charge in [0, 0.05) is 5.41 Å². The van der Waals surface area contributed by atoms with Gasteiger partial charge >= 0.3 is 0 Å². The van der Waals surface area contributed by atoms with Crippen LogP contribution in [0.4, 0.5) is 0 Å². The molecule has 0 aromatic rings. The summed E-state index contributed by atoms with van der Waals surface area (Å²) in [5.74, 6) is -2.10. The molecule has 1 saturated carbocycles. The Morgan fingerprint density at radius 1 is 1.07 bits per heavy atom. The number of carbonyl (C=O) groups excluding carboxylic acids is 4. The number of ketones is 2. The summed E-state index contributed by atoms with van der Waals surface area (Å²) in [5.41, 5.74) is 4.66. The Labute approximate surface area is 162 Å². The molecule has 7 nitrogen and oxygen atoms in total. The van der Waals surface area contributed by atoms with Crippen LogP contribution >= 0.6 is 0 Å². The molecule has 0 aromatic carbocycles. The minimum atomic E-state index is -0.971. The molecule has 0 saturated heterocycles. The molecule has 4 N–H and O–H groups in total. The summed E-state index contributed by atoms with van der Waals surface area (Å²) in [6.07, 6.45) is 5.88. The molecule has 0 radical (unpaired) electrons. The van der Waals surface area contributed by atoms with Crippen molar-refractivity contribution >= 4 is 23.4 Å². The maximum absolute atomic E-state index is 12.6. The summed E-state index contributed by atoms with van der Waals surface area (Å²) in [6.45, 7) is 7.01. The van der Waals surface area contributed by atoms with Crippen molar-refractivity contribution in [3.05, 3.63) is 0 Å².